The fourth-order valence-corrected chi connectivity index (χ4v) is 6.11. The van der Waals surface area contributed by atoms with Crippen molar-refractivity contribution in [3.05, 3.63) is 93.3 Å². The first-order chi connectivity index (χ1) is 20.5. The van der Waals surface area contributed by atoms with Crippen molar-refractivity contribution >= 4 is 11.4 Å². The Hall–Kier alpha value is -2.61. The Morgan fingerprint density at radius 2 is 0.952 bits per heavy atom. The van der Waals surface area contributed by atoms with Crippen LogP contribution in [0.3, 0.4) is 0 Å². The van der Waals surface area contributed by atoms with E-state index in [1.165, 1.54) is 122 Å². The zero-order valence-electron chi connectivity index (χ0n) is 27.8. The molecule has 0 aliphatic carbocycles. The Morgan fingerprint density at radius 1 is 0.524 bits per heavy atom. The van der Waals surface area contributed by atoms with Crippen molar-refractivity contribution < 1.29 is 4.68 Å². The predicted octanol–water partition coefficient (Wildman–Crippen LogP) is 12.2. The molecule has 0 saturated heterocycles. The number of hydrogen-bond acceptors (Lipinski definition) is 0. The fourth-order valence-electron chi connectivity index (χ4n) is 6.11. The molecule has 3 rings (SSSR count). The van der Waals surface area contributed by atoms with Gasteiger partial charge in [0.15, 0.2) is 0 Å². The molecule has 0 saturated carbocycles. The van der Waals surface area contributed by atoms with Crippen LogP contribution in [0.2, 0.25) is 0 Å². The number of nitrogens with one attached hydrogen (secondary N) is 1. The molecule has 0 aromatic heterocycles. The standard InChI is InChI=1S/C40H60N2/c1-6-11-16-17-18-19-24-36-31-39(37-27-32(20-12-7-2)25-33(28-37)21-13-8-3)42(41)40(36)38-29-34(22-14-9-4)26-35(30-38)23-15-10-5/h24-31,41H,6-23H2,1-5H3. The molecule has 42 heavy (non-hydrogen) atoms. The minimum absolute atomic E-state index is 1.03. The van der Waals surface area contributed by atoms with Gasteiger partial charge in [0.2, 0.25) is 11.4 Å². The number of unbranched alkanes of at least 4 members (excludes halogenated alkanes) is 9. The van der Waals surface area contributed by atoms with Crippen molar-refractivity contribution in [1.29, 1.82) is 0 Å². The van der Waals surface area contributed by atoms with Crippen LogP contribution in [0.25, 0.3) is 11.5 Å². The van der Waals surface area contributed by atoms with E-state index in [0.717, 1.165) is 43.5 Å². The third kappa shape index (κ3) is 10.3. The van der Waals surface area contributed by atoms with Crippen LogP contribution in [-0.2, 0) is 25.7 Å². The first-order valence-electron chi connectivity index (χ1n) is 17.6. The average molecular weight is 569 g/mol. The molecular weight excluding hydrogens is 508 g/mol. The van der Waals surface area contributed by atoms with E-state index >= 15 is 0 Å². The van der Waals surface area contributed by atoms with Crippen LogP contribution in [0.1, 0.15) is 158 Å². The highest BCUT2D eigenvalue weighted by Gasteiger charge is 2.29. The summed E-state index contributed by atoms with van der Waals surface area (Å²) in [5.41, 5.74) is 11.5. The van der Waals surface area contributed by atoms with Gasteiger partial charge in [-0.1, -0.05) is 104 Å². The van der Waals surface area contributed by atoms with Crippen molar-refractivity contribution in [2.75, 3.05) is 0 Å². The lowest BCUT2D eigenvalue weighted by Crippen LogP contribution is -2.13. The summed E-state index contributed by atoms with van der Waals surface area (Å²) >= 11 is 0. The summed E-state index contributed by atoms with van der Waals surface area (Å²) in [5, 5.41) is 0. The average Bonchev–Trinajstić information content (AvgIpc) is 3.34. The highest BCUT2D eigenvalue weighted by Crippen LogP contribution is 2.32. The van der Waals surface area contributed by atoms with Crippen LogP contribution >= 0.6 is 0 Å². The smallest absolute Gasteiger partial charge is 0.215 e. The topological polar surface area (TPSA) is 26.8 Å². The van der Waals surface area contributed by atoms with Crippen LogP contribution in [0.5, 0.6) is 0 Å². The second-order valence-electron chi connectivity index (χ2n) is 12.6. The van der Waals surface area contributed by atoms with Crippen molar-refractivity contribution in [3.8, 4) is 0 Å². The van der Waals surface area contributed by atoms with Gasteiger partial charge in [-0.3, -0.25) is 0 Å². The molecule has 1 aliphatic rings. The lowest BCUT2D eigenvalue weighted by molar-refractivity contribution is -0.347. The Morgan fingerprint density at radius 3 is 1.40 bits per heavy atom. The highest BCUT2D eigenvalue weighted by molar-refractivity contribution is 6.15. The van der Waals surface area contributed by atoms with Gasteiger partial charge in [-0.05, 0) is 111 Å². The molecule has 1 N–H and O–H groups in total. The number of hydrogen-bond donors (Lipinski definition) is 0. The van der Waals surface area contributed by atoms with Crippen LogP contribution in [0.15, 0.2) is 54.1 Å². The molecule has 0 atom stereocenters. The Bertz CT molecular complexity index is 1140. The molecule has 2 nitrogen and oxygen atoms in total. The van der Waals surface area contributed by atoms with Crippen molar-refractivity contribution in [1.82, 2.24) is 0 Å². The zero-order valence-corrected chi connectivity index (χ0v) is 27.8. The van der Waals surface area contributed by atoms with Gasteiger partial charge in [-0.2, -0.15) is 0 Å². The Labute approximate surface area is 259 Å². The van der Waals surface area contributed by atoms with E-state index in [0.29, 0.717) is 0 Å². The molecule has 0 amide bonds. The molecule has 0 radical (unpaired) electrons. The first-order valence-corrected chi connectivity index (χ1v) is 17.6. The normalized spacial score (nSPS) is 14.3. The van der Waals surface area contributed by atoms with Gasteiger partial charge in [0.25, 0.3) is 0 Å². The number of rotatable bonds is 20. The Kier molecular flexibility index (Phi) is 15.2. The molecule has 0 fully saturated rings. The summed E-state index contributed by atoms with van der Waals surface area (Å²) in [7, 11) is 0. The number of allylic oxidation sites excluding steroid dienone is 3. The molecule has 2 aromatic carbocycles. The minimum atomic E-state index is 1.03. The summed E-state index contributed by atoms with van der Waals surface area (Å²) in [6.07, 6.45) is 26.4. The number of nitrogens with zero attached hydrogens (tertiary/aromatic N) is 1. The lowest BCUT2D eigenvalue weighted by atomic mass is 9.94. The van der Waals surface area contributed by atoms with Crippen LogP contribution < -0.4 is 0 Å². The zero-order chi connectivity index (χ0) is 30.2. The summed E-state index contributed by atoms with van der Waals surface area (Å²) in [6, 6.07) is 14.4. The minimum Gasteiger partial charge on any atom is -0.448 e. The van der Waals surface area contributed by atoms with Gasteiger partial charge in [-0.25, -0.2) is 4.68 Å². The third-order valence-corrected chi connectivity index (χ3v) is 8.65. The van der Waals surface area contributed by atoms with Gasteiger partial charge in [0, 0.05) is 22.8 Å². The number of aryl methyl sites for hydroxylation is 4. The molecule has 1 heterocycles. The van der Waals surface area contributed by atoms with Crippen molar-refractivity contribution in [3.63, 3.8) is 0 Å². The Balaban J connectivity index is 2.08. The van der Waals surface area contributed by atoms with E-state index in [2.05, 4.69) is 83.2 Å². The maximum absolute atomic E-state index is 9.54. The summed E-state index contributed by atoms with van der Waals surface area (Å²) in [4.78, 5) is 0. The highest BCUT2D eigenvalue weighted by atomic mass is 15.3. The summed E-state index contributed by atoms with van der Waals surface area (Å²) in [5.74, 6) is 9.54. The predicted molar refractivity (Wildman–Crippen MR) is 185 cm³/mol. The maximum atomic E-state index is 9.54. The second kappa shape index (κ2) is 18.8. The molecule has 0 spiro atoms. The maximum Gasteiger partial charge on any atom is 0.215 e. The molecule has 1 aliphatic heterocycles. The van der Waals surface area contributed by atoms with Gasteiger partial charge >= 0.3 is 0 Å². The molecule has 2 aromatic rings. The van der Waals surface area contributed by atoms with Gasteiger partial charge in [-0.15, -0.1) is 0 Å². The molecule has 2 heteroatoms. The molecule has 230 valence electrons. The lowest BCUT2D eigenvalue weighted by Gasteiger charge is -2.13. The van der Waals surface area contributed by atoms with Crippen molar-refractivity contribution in [2.24, 2.45) is 0 Å². The molecule has 0 bridgehead atoms. The fraction of sp³-hybridized carbons (Fsp3) is 0.575. The SMILES string of the molecule is CCCCCCCC=C1C=C(c2cc(CCCC)cc(CCCC)c2)[N+]([NH-])=C1c1cc(CCCC)cc(CCCC)c1. The molecular formula is C40H60N2. The van der Waals surface area contributed by atoms with E-state index in [-0.39, 0.29) is 0 Å². The summed E-state index contributed by atoms with van der Waals surface area (Å²) < 4.78 is 1.77. The van der Waals surface area contributed by atoms with E-state index in [4.69, 9.17) is 0 Å². The molecule has 0 unspecified atom stereocenters. The monoisotopic (exact) mass is 568 g/mol. The first kappa shape index (κ1) is 33.9. The van der Waals surface area contributed by atoms with Crippen molar-refractivity contribution in [2.45, 2.75) is 150 Å². The van der Waals surface area contributed by atoms with E-state index < -0.39 is 0 Å². The third-order valence-electron chi connectivity index (χ3n) is 8.65. The van der Waals surface area contributed by atoms with Gasteiger partial charge in [0.1, 0.15) is 0 Å². The quantitative estimate of drug-likeness (QED) is 0.112. The van der Waals surface area contributed by atoms with E-state index in [1.54, 1.807) is 4.68 Å². The van der Waals surface area contributed by atoms with Crippen LogP contribution in [0, 0.1) is 0 Å². The van der Waals surface area contributed by atoms with E-state index in [1.807, 2.05) is 0 Å². The van der Waals surface area contributed by atoms with Crippen LogP contribution in [0.4, 0.5) is 0 Å². The second-order valence-corrected chi connectivity index (χ2v) is 12.6. The van der Waals surface area contributed by atoms with Crippen LogP contribution in [-0.4, -0.2) is 10.4 Å². The van der Waals surface area contributed by atoms with E-state index in [9.17, 15) is 5.84 Å². The number of benzene rings is 2. The van der Waals surface area contributed by atoms with Gasteiger partial charge in [0.05, 0.1) is 0 Å². The van der Waals surface area contributed by atoms with Gasteiger partial charge < -0.3 is 5.84 Å². The largest absolute Gasteiger partial charge is 0.448 e. The summed E-state index contributed by atoms with van der Waals surface area (Å²) in [6.45, 7) is 11.4.